The van der Waals surface area contributed by atoms with Crippen molar-refractivity contribution >= 4 is 21.4 Å². The third kappa shape index (κ3) is 3.66. The van der Waals surface area contributed by atoms with Crippen LogP contribution in [-0.2, 0) is 10.0 Å². The highest BCUT2D eigenvalue weighted by molar-refractivity contribution is 7.92. The fourth-order valence-corrected chi connectivity index (χ4v) is 2.37. The summed E-state index contributed by atoms with van der Waals surface area (Å²) in [5.41, 5.74) is -0.838. The number of halogens is 1. The van der Waals surface area contributed by atoms with Crippen molar-refractivity contribution in [1.82, 2.24) is 0 Å². The molecule has 1 aromatic rings. The van der Waals surface area contributed by atoms with E-state index in [4.69, 9.17) is 0 Å². The Kier molecular flexibility index (Phi) is 4.00. The first-order valence-corrected chi connectivity index (χ1v) is 6.45. The zero-order valence-electron chi connectivity index (χ0n) is 9.01. The number of anilines is 1. The summed E-state index contributed by atoms with van der Waals surface area (Å²) in [6.45, 7) is 1.65. The van der Waals surface area contributed by atoms with E-state index in [2.05, 4.69) is 0 Å². The highest BCUT2D eigenvalue weighted by Gasteiger charge is 2.19. The van der Waals surface area contributed by atoms with E-state index in [1.54, 1.807) is 6.92 Å². The van der Waals surface area contributed by atoms with E-state index in [0.29, 0.717) is 6.42 Å². The van der Waals surface area contributed by atoms with Crippen LogP contribution in [0.3, 0.4) is 0 Å². The Balaban J connectivity index is 3.13. The van der Waals surface area contributed by atoms with Gasteiger partial charge in [0.25, 0.3) is 5.69 Å². The lowest BCUT2D eigenvalue weighted by Gasteiger charge is -2.07. The van der Waals surface area contributed by atoms with Crippen molar-refractivity contribution in [3.05, 3.63) is 34.1 Å². The van der Waals surface area contributed by atoms with Gasteiger partial charge in [-0.2, -0.15) is 0 Å². The molecule has 0 atom stereocenters. The second-order valence-electron chi connectivity index (χ2n) is 3.34. The van der Waals surface area contributed by atoms with Crippen LogP contribution in [0.25, 0.3) is 0 Å². The van der Waals surface area contributed by atoms with Crippen LogP contribution in [0.5, 0.6) is 0 Å². The molecule has 6 nitrogen and oxygen atoms in total. The van der Waals surface area contributed by atoms with E-state index in [-0.39, 0.29) is 11.4 Å². The summed E-state index contributed by atoms with van der Waals surface area (Å²) in [4.78, 5) is 9.85. The summed E-state index contributed by atoms with van der Waals surface area (Å²) in [5.74, 6) is -0.925. The molecule has 0 aliphatic carbocycles. The van der Waals surface area contributed by atoms with Crippen molar-refractivity contribution in [1.29, 1.82) is 0 Å². The summed E-state index contributed by atoms with van der Waals surface area (Å²) in [6.07, 6.45) is 0.360. The Morgan fingerprint density at radius 2 is 2.12 bits per heavy atom. The number of hydrogen-bond acceptors (Lipinski definition) is 4. The zero-order chi connectivity index (χ0) is 13.1. The number of nitrogens with one attached hydrogen (secondary N) is 1. The molecule has 0 radical (unpaired) electrons. The highest BCUT2D eigenvalue weighted by Crippen LogP contribution is 2.25. The third-order valence-corrected chi connectivity index (χ3v) is 3.37. The maximum absolute atomic E-state index is 12.9. The highest BCUT2D eigenvalue weighted by atomic mass is 32.2. The molecule has 0 bridgehead atoms. The third-order valence-electron chi connectivity index (χ3n) is 1.89. The van der Waals surface area contributed by atoms with Gasteiger partial charge in [0.2, 0.25) is 10.0 Å². The fourth-order valence-electron chi connectivity index (χ4n) is 1.24. The molecule has 0 heterocycles. The molecule has 17 heavy (non-hydrogen) atoms. The van der Waals surface area contributed by atoms with E-state index < -0.39 is 26.5 Å². The molecule has 0 saturated carbocycles. The Hall–Kier alpha value is -1.70. The maximum Gasteiger partial charge on any atom is 0.293 e. The molecule has 1 aromatic carbocycles. The molecule has 0 saturated heterocycles. The number of hydrogen-bond donors (Lipinski definition) is 1. The Bertz CT molecular complexity index is 530. The van der Waals surface area contributed by atoms with E-state index >= 15 is 0 Å². The van der Waals surface area contributed by atoms with Crippen molar-refractivity contribution in [2.24, 2.45) is 0 Å². The topological polar surface area (TPSA) is 89.3 Å². The number of sulfonamides is 1. The molecule has 0 aliphatic rings. The molecule has 1 rings (SSSR count). The number of rotatable bonds is 5. The molecular weight excluding hydrogens is 251 g/mol. The second kappa shape index (κ2) is 5.09. The Morgan fingerprint density at radius 1 is 1.47 bits per heavy atom. The molecule has 8 heteroatoms. The van der Waals surface area contributed by atoms with Crippen molar-refractivity contribution in [3.8, 4) is 0 Å². The van der Waals surface area contributed by atoms with Gasteiger partial charge in [0, 0.05) is 12.1 Å². The lowest BCUT2D eigenvalue weighted by Crippen LogP contribution is -2.17. The molecule has 0 unspecified atom stereocenters. The molecule has 0 aliphatic heterocycles. The van der Waals surface area contributed by atoms with Crippen molar-refractivity contribution in [2.75, 3.05) is 10.5 Å². The van der Waals surface area contributed by atoms with Crippen LogP contribution in [0.4, 0.5) is 15.8 Å². The first-order valence-electron chi connectivity index (χ1n) is 4.80. The average Bonchev–Trinajstić information content (AvgIpc) is 2.15. The van der Waals surface area contributed by atoms with Gasteiger partial charge in [-0.25, -0.2) is 12.8 Å². The van der Waals surface area contributed by atoms with Gasteiger partial charge < -0.3 is 0 Å². The van der Waals surface area contributed by atoms with Crippen LogP contribution < -0.4 is 4.72 Å². The van der Waals surface area contributed by atoms with Crippen molar-refractivity contribution in [2.45, 2.75) is 13.3 Å². The first kappa shape index (κ1) is 13.4. The van der Waals surface area contributed by atoms with Crippen LogP contribution in [0.15, 0.2) is 18.2 Å². The van der Waals surface area contributed by atoms with Gasteiger partial charge in [0.1, 0.15) is 11.5 Å². The number of benzene rings is 1. The first-order chi connectivity index (χ1) is 7.85. The van der Waals surface area contributed by atoms with E-state index in [9.17, 15) is 22.9 Å². The normalized spacial score (nSPS) is 11.2. The fraction of sp³-hybridized carbons (Fsp3) is 0.333. The van der Waals surface area contributed by atoms with Gasteiger partial charge in [-0.15, -0.1) is 0 Å². The van der Waals surface area contributed by atoms with Crippen LogP contribution in [0, 0.1) is 15.9 Å². The standard InChI is InChI=1S/C9H11FN2O4S/c1-2-5-17(15,16)11-8-6-7(10)3-4-9(8)12(13)14/h3-4,6,11H,2,5H2,1H3. The molecule has 94 valence electrons. The van der Waals surface area contributed by atoms with Gasteiger partial charge in [-0.3, -0.25) is 14.8 Å². The molecule has 0 aromatic heterocycles. The van der Waals surface area contributed by atoms with Crippen LogP contribution in [-0.4, -0.2) is 19.1 Å². The SMILES string of the molecule is CCCS(=O)(=O)Nc1cc(F)ccc1[N+](=O)[O-]. The minimum atomic E-state index is -3.68. The predicted octanol–water partition coefficient (Wildman–Crippen LogP) is 1.89. The number of nitro groups is 1. The zero-order valence-corrected chi connectivity index (χ0v) is 9.83. The second-order valence-corrected chi connectivity index (χ2v) is 5.18. The van der Waals surface area contributed by atoms with Gasteiger partial charge in [0.15, 0.2) is 0 Å². The summed E-state index contributed by atoms with van der Waals surface area (Å²) >= 11 is 0. The summed E-state index contributed by atoms with van der Waals surface area (Å²) in [7, 11) is -3.68. The molecule has 1 N–H and O–H groups in total. The van der Waals surface area contributed by atoms with Gasteiger partial charge in [-0.05, 0) is 12.5 Å². The van der Waals surface area contributed by atoms with Crippen molar-refractivity contribution < 1.29 is 17.7 Å². The Morgan fingerprint density at radius 3 is 2.65 bits per heavy atom. The number of nitro benzene ring substituents is 1. The van der Waals surface area contributed by atoms with Gasteiger partial charge >= 0.3 is 0 Å². The van der Waals surface area contributed by atoms with E-state index in [1.807, 2.05) is 4.72 Å². The molecule has 0 amide bonds. The molecule has 0 fully saturated rings. The summed E-state index contributed by atoms with van der Waals surface area (Å²) < 4.78 is 37.8. The largest absolute Gasteiger partial charge is 0.293 e. The van der Waals surface area contributed by atoms with Crippen LogP contribution >= 0.6 is 0 Å². The van der Waals surface area contributed by atoms with Gasteiger partial charge in [-0.1, -0.05) is 6.92 Å². The predicted molar refractivity (Wildman–Crippen MR) is 60.8 cm³/mol. The summed E-state index contributed by atoms with van der Waals surface area (Å²) in [5, 5.41) is 10.6. The smallest absolute Gasteiger partial charge is 0.277 e. The minimum absolute atomic E-state index is 0.180. The molecule has 0 spiro atoms. The monoisotopic (exact) mass is 262 g/mol. The average molecular weight is 262 g/mol. The van der Waals surface area contributed by atoms with E-state index in [1.165, 1.54) is 0 Å². The quantitative estimate of drug-likeness (QED) is 0.648. The number of nitrogens with zero attached hydrogens (tertiary/aromatic N) is 1. The Labute approximate surface area is 97.7 Å². The molecular formula is C9H11FN2O4S. The lowest BCUT2D eigenvalue weighted by atomic mass is 10.3. The van der Waals surface area contributed by atoms with Crippen LogP contribution in [0.2, 0.25) is 0 Å². The van der Waals surface area contributed by atoms with Crippen molar-refractivity contribution in [3.63, 3.8) is 0 Å². The van der Waals surface area contributed by atoms with Crippen LogP contribution in [0.1, 0.15) is 13.3 Å². The van der Waals surface area contributed by atoms with Gasteiger partial charge in [0.05, 0.1) is 10.7 Å². The maximum atomic E-state index is 12.9. The minimum Gasteiger partial charge on any atom is -0.277 e. The lowest BCUT2D eigenvalue weighted by molar-refractivity contribution is -0.383. The van der Waals surface area contributed by atoms with E-state index in [0.717, 1.165) is 18.2 Å². The summed E-state index contributed by atoms with van der Waals surface area (Å²) in [6, 6.07) is 2.60.